The van der Waals surface area contributed by atoms with Crippen molar-refractivity contribution in [2.24, 2.45) is 0 Å². The van der Waals surface area contributed by atoms with E-state index in [1.807, 2.05) is 0 Å². The topological polar surface area (TPSA) is 59.0 Å². The van der Waals surface area contributed by atoms with E-state index in [1.54, 1.807) is 31.3 Å². The summed E-state index contributed by atoms with van der Waals surface area (Å²) in [6, 6.07) is 3.27. The molecule has 1 aromatic carbocycles. The molecule has 0 aromatic heterocycles. The number of halogens is 1. The molecule has 0 spiro atoms. The van der Waals surface area contributed by atoms with Crippen LogP contribution in [0.5, 0.6) is 11.5 Å². The maximum Gasteiger partial charge on any atom is 0.254 e. The largest absolute Gasteiger partial charge is 0.495 e. The summed E-state index contributed by atoms with van der Waals surface area (Å²) in [6.07, 6.45) is 1.76. The first-order chi connectivity index (χ1) is 9.62. The number of aliphatic hydroxyl groups is 1. The number of likely N-dealkylation sites (tertiary alicyclic amines) is 1. The van der Waals surface area contributed by atoms with Gasteiger partial charge in [-0.1, -0.05) is 0 Å². The summed E-state index contributed by atoms with van der Waals surface area (Å²) in [5.74, 6) is 0.991. The van der Waals surface area contributed by atoms with E-state index in [2.05, 4.69) is 15.9 Å². The average Bonchev–Trinajstić information content (AvgIpc) is 2.95. The Bertz CT molecular complexity index is 481. The van der Waals surface area contributed by atoms with E-state index in [9.17, 15) is 9.90 Å². The van der Waals surface area contributed by atoms with Crippen LogP contribution in [0.1, 0.15) is 23.2 Å². The fourth-order valence-corrected chi connectivity index (χ4v) is 3.00. The standard InChI is InChI=1S/C14H18BrNO4/c1-19-11-6-9(7-12(20-2)13(11)15)14(18)16-5-3-4-10(16)8-17/h6-7,10,17H,3-5,8H2,1-2H3. The van der Waals surface area contributed by atoms with Crippen molar-refractivity contribution in [1.29, 1.82) is 0 Å². The summed E-state index contributed by atoms with van der Waals surface area (Å²) < 4.78 is 11.2. The van der Waals surface area contributed by atoms with Crippen LogP contribution in [-0.2, 0) is 0 Å². The van der Waals surface area contributed by atoms with Crippen LogP contribution in [0.3, 0.4) is 0 Å². The Hall–Kier alpha value is -1.27. The molecule has 1 saturated heterocycles. The third-order valence-electron chi connectivity index (χ3n) is 3.54. The van der Waals surface area contributed by atoms with Crippen molar-refractivity contribution in [3.8, 4) is 11.5 Å². The monoisotopic (exact) mass is 343 g/mol. The van der Waals surface area contributed by atoms with Gasteiger partial charge in [0.2, 0.25) is 0 Å². The minimum atomic E-state index is -0.106. The molecule has 1 aliphatic rings. The highest BCUT2D eigenvalue weighted by atomic mass is 79.9. The third kappa shape index (κ3) is 2.76. The van der Waals surface area contributed by atoms with E-state index in [0.717, 1.165) is 12.8 Å². The van der Waals surface area contributed by atoms with Crippen molar-refractivity contribution in [3.63, 3.8) is 0 Å². The van der Waals surface area contributed by atoms with E-state index in [4.69, 9.17) is 9.47 Å². The molecule has 1 heterocycles. The Morgan fingerprint density at radius 1 is 1.40 bits per heavy atom. The number of benzene rings is 1. The van der Waals surface area contributed by atoms with E-state index in [1.165, 1.54) is 0 Å². The lowest BCUT2D eigenvalue weighted by atomic mass is 10.1. The normalized spacial score (nSPS) is 18.2. The zero-order valence-corrected chi connectivity index (χ0v) is 13.1. The average molecular weight is 344 g/mol. The lowest BCUT2D eigenvalue weighted by Crippen LogP contribution is -2.37. The molecule has 0 saturated carbocycles. The molecule has 1 fully saturated rings. The molecular formula is C14H18BrNO4. The zero-order valence-electron chi connectivity index (χ0n) is 11.6. The third-order valence-corrected chi connectivity index (χ3v) is 4.32. The molecule has 110 valence electrons. The molecule has 0 aliphatic carbocycles. The van der Waals surface area contributed by atoms with E-state index in [-0.39, 0.29) is 18.6 Å². The summed E-state index contributed by atoms with van der Waals surface area (Å²) in [6.45, 7) is 0.668. The van der Waals surface area contributed by atoms with Crippen LogP contribution in [-0.4, -0.2) is 49.3 Å². The Labute approximate surface area is 126 Å². The highest BCUT2D eigenvalue weighted by Crippen LogP contribution is 2.36. The Morgan fingerprint density at radius 3 is 2.50 bits per heavy atom. The second kappa shape index (κ2) is 6.45. The van der Waals surface area contributed by atoms with Gasteiger partial charge in [-0.3, -0.25) is 4.79 Å². The highest BCUT2D eigenvalue weighted by molar-refractivity contribution is 9.10. The summed E-state index contributed by atoms with van der Waals surface area (Å²) >= 11 is 3.38. The number of hydrogen-bond donors (Lipinski definition) is 1. The number of amides is 1. The van der Waals surface area contributed by atoms with Crippen LogP contribution in [0.25, 0.3) is 0 Å². The smallest absolute Gasteiger partial charge is 0.254 e. The van der Waals surface area contributed by atoms with Gasteiger partial charge in [-0.2, -0.15) is 0 Å². The van der Waals surface area contributed by atoms with Gasteiger partial charge in [-0.15, -0.1) is 0 Å². The highest BCUT2D eigenvalue weighted by Gasteiger charge is 2.29. The molecule has 1 unspecified atom stereocenters. The first-order valence-electron chi connectivity index (χ1n) is 6.45. The van der Waals surface area contributed by atoms with Gasteiger partial charge in [0.15, 0.2) is 0 Å². The molecule has 0 radical (unpaired) electrons. The number of carbonyl (C=O) groups is 1. The lowest BCUT2D eigenvalue weighted by molar-refractivity contribution is 0.0677. The quantitative estimate of drug-likeness (QED) is 0.909. The fourth-order valence-electron chi connectivity index (χ4n) is 2.45. The summed E-state index contributed by atoms with van der Waals surface area (Å²) in [4.78, 5) is 14.3. The molecule has 1 aromatic rings. The zero-order chi connectivity index (χ0) is 14.7. The van der Waals surface area contributed by atoms with Crippen LogP contribution >= 0.6 is 15.9 Å². The molecule has 1 aliphatic heterocycles. The van der Waals surface area contributed by atoms with E-state index >= 15 is 0 Å². The first kappa shape index (κ1) is 15.1. The number of ether oxygens (including phenoxy) is 2. The molecule has 2 rings (SSSR count). The van der Waals surface area contributed by atoms with Crippen molar-refractivity contribution in [2.45, 2.75) is 18.9 Å². The van der Waals surface area contributed by atoms with Crippen LogP contribution in [0.2, 0.25) is 0 Å². The number of hydrogen-bond acceptors (Lipinski definition) is 4. The SMILES string of the molecule is COc1cc(C(=O)N2CCCC2CO)cc(OC)c1Br. The molecule has 0 bridgehead atoms. The molecule has 20 heavy (non-hydrogen) atoms. The number of rotatable bonds is 4. The van der Waals surface area contributed by atoms with Crippen molar-refractivity contribution in [3.05, 3.63) is 22.2 Å². The van der Waals surface area contributed by atoms with Crippen molar-refractivity contribution >= 4 is 21.8 Å². The Kier molecular flexibility index (Phi) is 4.88. The van der Waals surface area contributed by atoms with Gasteiger partial charge in [-0.25, -0.2) is 0 Å². The van der Waals surface area contributed by atoms with Crippen LogP contribution in [0.4, 0.5) is 0 Å². The van der Waals surface area contributed by atoms with Gasteiger partial charge in [0.25, 0.3) is 5.91 Å². The molecule has 6 heteroatoms. The summed E-state index contributed by atoms with van der Waals surface area (Å²) in [7, 11) is 3.08. The number of aliphatic hydroxyl groups excluding tert-OH is 1. The maximum atomic E-state index is 12.6. The fraction of sp³-hybridized carbons (Fsp3) is 0.500. The van der Waals surface area contributed by atoms with E-state index < -0.39 is 0 Å². The van der Waals surface area contributed by atoms with Gasteiger partial charge in [0.05, 0.1) is 26.9 Å². The summed E-state index contributed by atoms with van der Waals surface area (Å²) in [5.41, 5.74) is 0.502. The van der Waals surface area contributed by atoms with Gasteiger partial charge >= 0.3 is 0 Å². The van der Waals surface area contributed by atoms with Gasteiger partial charge in [-0.05, 0) is 40.9 Å². The van der Waals surface area contributed by atoms with Gasteiger partial charge in [0.1, 0.15) is 16.0 Å². The molecular weight excluding hydrogens is 326 g/mol. The van der Waals surface area contributed by atoms with Crippen LogP contribution in [0.15, 0.2) is 16.6 Å². The number of carbonyl (C=O) groups excluding carboxylic acids is 1. The van der Waals surface area contributed by atoms with Crippen LogP contribution < -0.4 is 9.47 Å². The molecule has 1 atom stereocenters. The first-order valence-corrected chi connectivity index (χ1v) is 7.25. The molecule has 1 amide bonds. The van der Waals surface area contributed by atoms with Crippen molar-refractivity contribution < 1.29 is 19.4 Å². The molecule has 5 nitrogen and oxygen atoms in total. The second-order valence-electron chi connectivity index (χ2n) is 4.67. The van der Waals surface area contributed by atoms with E-state index in [0.29, 0.717) is 28.1 Å². The van der Waals surface area contributed by atoms with Crippen LogP contribution in [0, 0.1) is 0 Å². The predicted octanol–water partition coefficient (Wildman–Crippen LogP) is 2.06. The van der Waals surface area contributed by atoms with Crippen molar-refractivity contribution in [1.82, 2.24) is 4.90 Å². The van der Waals surface area contributed by atoms with Gasteiger partial charge in [0, 0.05) is 12.1 Å². The second-order valence-corrected chi connectivity index (χ2v) is 5.46. The number of nitrogens with zero attached hydrogens (tertiary/aromatic N) is 1. The maximum absolute atomic E-state index is 12.6. The number of methoxy groups -OCH3 is 2. The minimum Gasteiger partial charge on any atom is -0.495 e. The Balaban J connectivity index is 2.34. The Morgan fingerprint density at radius 2 is 2.00 bits per heavy atom. The summed E-state index contributed by atoms with van der Waals surface area (Å²) in [5, 5.41) is 9.33. The lowest BCUT2D eigenvalue weighted by Gasteiger charge is -2.23. The predicted molar refractivity (Wildman–Crippen MR) is 78.4 cm³/mol. The van der Waals surface area contributed by atoms with Crippen molar-refractivity contribution in [2.75, 3.05) is 27.4 Å². The minimum absolute atomic E-state index is 0.00343. The van der Waals surface area contributed by atoms with Gasteiger partial charge < -0.3 is 19.5 Å². The molecule has 1 N–H and O–H groups in total.